The van der Waals surface area contributed by atoms with Crippen molar-refractivity contribution in [3.05, 3.63) is 33.2 Å². The van der Waals surface area contributed by atoms with Gasteiger partial charge in [-0.1, -0.05) is 6.92 Å². The summed E-state index contributed by atoms with van der Waals surface area (Å²) in [7, 11) is 2.33. The van der Waals surface area contributed by atoms with Crippen LogP contribution in [0.15, 0.2) is 28.4 Å². The van der Waals surface area contributed by atoms with Crippen LogP contribution in [0.25, 0.3) is 0 Å². The van der Waals surface area contributed by atoms with Crippen LogP contribution in [0.2, 0.25) is 0 Å². The van der Waals surface area contributed by atoms with Gasteiger partial charge >= 0.3 is 17.9 Å². The van der Waals surface area contributed by atoms with Gasteiger partial charge in [0, 0.05) is 16.3 Å². The minimum Gasteiger partial charge on any atom is -0.468 e. The fourth-order valence-electron chi connectivity index (χ4n) is 3.11. The highest BCUT2D eigenvalue weighted by molar-refractivity contribution is 7.14. The summed E-state index contributed by atoms with van der Waals surface area (Å²) in [5, 5.41) is 0. The summed E-state index contributed by atoms with van der Waals surface area (Å²) >= 11 is 1.33. The van der Waals surface area contributed by atoms with Crippen LogP contribution in [0.4, 0.5) is 0 Å². The van der Waals surface area contributed by atoms with Crippen LogP contribution >= 0.6 is 11.3 Å². The lowest BCUT2D eigenvalue weighted by Gasteiger charge is -2.28. The number of allylic oxidation sites excluding steroid dienone is 1. The van der Waals surface area contributed by atoms with Gasteiger partial charge in [0.1, 0.15) is 11.8 Å². The Morgan fingerprint density at radius 3 is 2.28 bits per heavy atom. The summed E-state index contributed by atoms with van der Waals surface area (Å²) in [6.45, 7) is 4.56. The predicted molar refractivity (Wildman–Crippen MR) is 106 cm³/mol. The average molecular weight is 421 g/mol. The summed E-state index contributed by atoms with van der Waals surface area (Å²) in [6, 6.07) is 3.52. The molecule has 0 saturated carbocycles. The Morgan fingerprint density at radius 1 is 1.03 bits per heavy atom. The van der Waals surface area contributed by atoms with Crippen molar-refractivity contribution >= 4 is 40.7 Å². The van der Waals surface area contributed by atoms with Gasteiger partial charge in [0.2, 0.25) is 5.78 Å². The van der Waals surface area contributed by atoms with Crippen LogP contribution < -0.4 is 0 Å². The van der Waals surface area contributed by atoms with Crippen molar-refractivity contribution in [3.63, 3.8) is 0 Å². The average Bonchev–Trinajstić information content (AvgIpc) is 3.19. The van der Waals surface area contributed by atoms with Crippen LogP contribution in [-0.2, 0) is 35.0 Å². The third-order valence-corrected chi connectivity index (χ3v) is 5.84. The highest BCUT2D eigenvalue weighted by Gasteiger charge is 2.46. The molecule has 0 radical (unpaired) electrons. The van der Waals surface area contributed by atoms with E-state index in [9.17, 15) is 19.2 Å². The summed E-state index contributed by atoms with van der Waals surface area (Å²) in [5.74, 6) is -5.25. The lowest BCUT2D eigenvalue weighted by molar-refractivity contribution is -0.156. The molecule has 0 bridgehead atoms. The van der Waals surface area contributed by atoms with Crippen molar-refractivity contribution in [2.45, 2.75) is 27.2 Å². The lowest BCUT2D eigenvalue weighted by atomic mass is 9.80. The number of carbonyl (C=O) groups excluding carboxylic acids is 4. The van der Waals surface area contributed by atoms with E-state index in [4.69, 9.17) is 14.2 Å². The first-order valence-corrected chi connectivity index (χ1v) is 9.77. The second-order valence-electron chi connectivity index (χ2n) is 6.37. The Balaban J connectivity index is 2.28. The Bertz CT molecular complexity index is 896. The first kappa shape index (κ1) is 22.5. The van der Waals surface area contributed by atoms with Crippen LogP contribution in [0.1, 0.15) is 35.3 Å². The predicted octanol–water partition coefficient (Wildman–Crippen LogP) is 2.36. The van der Waals surface area contributed by atoms with E-state index in [0.717, 1.165) is 18.4 Å². The van der Waals surface area contributed by atoms with E-state index in [1.807, 2.05) is 13.0 Å². The molecule has 0 aliphatic carbocycles. The number of Topliss-reactive ketones (excluding diaryl/α,β-unsaturated/α-hetero) is 1. The van der Waals surface area contributed by atoms with Gasteiger partial charge in [-0.3, -0.25) is 19.4 Å². The van der Waals surface area contributed by atoms with Crippen molar-refractivity contribution in [2.24, 2.45) is 16.8 Å². The number of rotatable bonds is 7. The quantitative estimate of drug-likeness (QED) is 0.378. The van der Waals surface area contributed by atoms with Crippen molar-refractivity contribution < 1.29 is 33.4 Å². The molecule has 1 aliphatic heterocycles. The molecule has 0 spiro atoms. The zero-order chi connectivity index (χ0) is 21.7. The Labute approximate surface area is 172 Å². The number of carbonyl (C=O) groups is 4. The molecule has 29 heavy (non-hydrogen) atoms. The van der Waals surface area contributed by atoms with E-state index in [1.165, 1.54) is 25.4 Å². The van der Waals surface area contributed by atoms with Gasteiger partial charge in [0.15, 0.2) is 6.61 Å². The molecule has 9 heteroatoms. The molecular formula is C20H23NO7S. The van der Waals surface area contributed by atoms with Gasteiger partial charge in [-0.05, 0) is 32.4 Å². The smallest absolute Gasteiger partial charge is 0.336 e. The number of ketones is 1. The molecule has 2 atom stereocenters. The fourth-order valence-corrected chi connectivity index (χ4v) is 3.99. The number of methoxy groups -OCH3 is 2. The molecule has 0 fully saturated rings. The summed E-state index contributed by atoms with van der Waals surface area (Å²) in [4.78, 5) is 55.5. The van der Waals surface area contributed by atoms with Gasteiger partial charge in [-0.25, -0.2) is 4.79 Å². The maximum Gasteiger partial charge on any atom is 0.336 e. The minimum absolute atomic E-state index is 0.0876. The number of hydrogen-bond acceptors (Lipinski definition) is 9. The minimum atomic E-state index is -1.31. The van der Waals surface area contributed by atoms with E-state index < -0.39 is 36.4 Å². The number of aliphatic imine (C=N–C) groups is 1. The second kappa shape index (κ2) is 9.60. The lowest BCUT2D eigenvalue weighted by Crippen LogP contribution is -2.42. The normalized spacial score (nSPS) is 18.7. The van der Waals surface area contributed by atoms with Gasteiger partial charge < -0.3 is 14.2 Å². The third kappa shape index (κ3) is 4.79. The standard InChI is InChI=1S/C20H23NO7S/c1-6-12-7-8-14(29-12)13(22)9-28-20(25)17-15(18(23)26-4)10(2)21-11(3)16(17)19(24)27-5/h7-8,15,17H,6,9H2,1-5H3/t15?,17-/m1/s1. The van der Waals surface area contributed by atoms with E-state index in [0.29, 0.717) is 10.6 Å². The Morgan fingerprint density at radius 2 is 1.72 bits per heavy atom. The molecule has 1 aromatic rings. The van der Waals surface area contributed by atoms with Gasteiger partial charge in [-0.2, -0.15) is 0 Å². The Hall–Kier alpha value is -2.81. The summed E-state index contributed by atoms with van der Waals surface area (Å²) < 4.78 is 14.7. The van der Waals surface area contributed by atoms with Crippen molar-refractivity contribution in [2.75, 3.05) is 20.8 Å². The Kier molecular flexibility index (Phi) is 7.44. The zero-order valence-electron chi connectivity index (χ0n) is 16.9. The third-order valence-electron chi connectivity index (χ3n) is 4.57. The molecule has 2 heterocycles. The SMILES string of the molecule is CCc1ccc(C(=O)COC(=O)[C@H]2C(C(=O)OC)=C(C)N=C(C)C2C(=O)OC)s1. The molecule has 0 saturated heterocycles. The fraction of sp³-hybridized carbons (Fsp3) is 0.450. The molecule has 1 unspecified atom stereocenters. The number of esters is 3. The zero-order valence-corrected chi connectivity index (χ0v) is 17.8. The van der Waals surface area contributed by atoms with Gasteiger partial charge in [-0.15, -0.1) is 11.3 Å². The molecule has 0 N–H and O–H groups in total. The molecule has 1 aromatic heterocycles. The topological polar surface area (TPSA) is 108 Å². The second-order valence-corrected chi connectivity index (χ2v) is 7.54. The monoisotopic (exact) mass is 421 g/mol. The van der Waals surface area contributed by atoms with Crippen LogP contribution in [0.3, 0.4) is 0 Å². The highest BCUT2D eigenvalue weighted by atomic mass is 32.1. The van der Waals surface area contributed by atoms with Crippen LogP contribution in [0, 0.1) is 11.8 Å². The maximum absolute atomic E-state index is 12.9. The van der Waals surface area contributed by atoms with Crippen molar-refractivity contribution in [1.29, 1.82) is 0 Å². The van der Waals surface area contributed by atoms with Gasteiger partial charge in [0.05, 0.1) is 24.7 Å². The molecular weight excluding hydrogens is 398 g/mol. The van der Waals surface area contributed by atoms with Crippen LogP contribution in [-0.4, -0.2) is 50.2 Å². The molecule has 0 aromatic carbocycles. The number of hydrogen-bond donors (Lipinski definition) is 0. The molecule has 2 rings (SSSR count). The number of aryl methyl sites for hydroxylation is 1. The number of ether oxygens (including phenoxy) is 3. The summed E-state index contributed by atoms with van der Waals surface area (Å²) in [5.41, 5.74) is 0.463. The van der Waals surface area contributed by atoms with E-state index in [-0.39, 0.29) is 17.1 Å². The molecule has 8 nitrogen and oxygen atoms in total. The van der Waals surface area contributed by atoms with Crippen molar-refractivity contribution in [3.8, 4) is 0 Å². The highest BCUT2D eigenvalue weighted by Crippen LogP contribution is 2.33. The maximum atomic E-state index is 12.9. The molecule has 0 amide bonds. The van der Waals surface area contributed by atoms with E-state index >= 15 is 0 Å². The molecule has 156 valence electrons. The first-order valence-electron chi connectivity index (χ1n) is 8.95. The molecule has 1 aliphatic rings. The largest absolute Gasteiger partial charge is 0.468 e. The number of thiophene rings is 1. The van der Waals surface area contributed by atoms with Crippen LogP contribution in [0.5, 0.6) is 0 Å². The summed E-state index contributed by atoms with van der Waals surface area (Å²) in [6.07, 6.45) is 0.797. The number of nitrogens with zero attached hydrogens (tertiary/aromatic N) is 1. The van der Waals surface area contributed by atoms with E-state index in [2.05, 4.69) is 4.99 Å². The first-order chi connectivity index (χ1) is 13.7. The van der Waals surface area contributed by atoms with E-state index in [1.54, 1.807) is 13.0 Å². The van der Waals surface area contributed by atoms with Crippen molar-refractivity contribution in [1.82, 2.24) is 0 Å². The van der Waals surface area contributed by atoms with Gasteiger partial charge in [0.25, 0.3) is 0 Å².